The maximum absolute atomic E-state index is 12.1. The largest absolute Gasteiger partial charge is 0.481 e. The van der Waals surface area contributed by atoms with Gasteiger partial charge in [-0.3, -0.25) is 9.89 Å². The lowest BCUT2D eigenvalue weighted by Crippen LogP contribution is -2.44. The molecule has 2 amide bonds. The summed E-state index contributed by atoms with van der Waals surface area (Å²) >= 11 is 0. The minimum atomic E-state index is -0.826. The Bertz CT molecular complexity index is 514. The smallest absolute Gasteiger partial charge is 0.317 e. The molecule has 7 nitrogen and oxygen atoms in total. The Hall–Kier alpha value is -2.05. The zero-order valence-electron chi connectivity index (χ0n) is 12.4. The number of aromatic amines is 1. The van der Waals surface area contributed by atoms with Crippen LogP contribution < -0.4 is 5.32 Å². The van der Waals surface area contributed by atoms with Crippen LogP contribution >= 0.6 is 0 Å². The van der Waals surface area contributed by atoms with E-state index in [4.69, 9.17) is 5.11 Å². The second-order valence-corrected chi connectivity index (χ2v) is 5.52. The van der Waals surface area contributed by atoms with E-state index in [1.807, 2.05) is 6.92 Å². The zero-order valence-corrected chi connectivity index (χ0v) is 12.4. The molecule has 2 atom stereocenters. The molecular weight excluding hydrogens is 272 g/mol. The van der Waals surface area contributed by atoms with Gasteiger partial charge in [-0.1, -0.05) is 0 Å². The molecule has 2 heterocycles. The summed E-state index contributed by atoms with van der Waals surface area (Å²) in [6.45, 7) is 4.84. The first kappa shape index (κ1) is 15.3. The molecule has 0 saturated carbocycles. The normalized spacial score (nSPS) is 21.5. The molecule has 116 valence electrons. The van der Waals surface area contributed by atoms with Gasteiger partial charge in [-0.15, -0.1) is 0 Å². The van der Waals surface area contributed by atoms with E-state index in [0.717, 1.165) is 24.1 Å². The monoisotopic (exact) mass is 294 g/mol. The third-order valence-corrected chi connectivity index (χ3v) is 4.17. The summed E-state index contributed by atoms with van der Waals surface area (Å²) in [5.74, 6) is -1.28. The number of hydrogen-bond acceptors (Lipinski definition) is 3. The van der Waals surface area contributed by atoms with Crippen LogP contribution in [0.4, 0.5) is 4.79 Å². The van der Waals surface area contributed by atoms with Crippen molar-refractivity contribution in [2.24, 2.45) is 5.92 Å². The van der Waals surface area contributed by atoms with Gasteiger partial charge in [-0.25, -0.2) is 4.79 Å². The van der Waals surface area contributed by atoms with Crippen LogP contribution in [-0.4, -0.2) is 51.3 Å². The lowest BCUT2D eigenvalue weighted by atomic mass is 10.0. The van der Waals surface area contributed by atoms with Crippen molar-refractivity contribution in [3.05, 3.63) is 17.5 Å². The second kappa shape index (κ2) is 6.60. The number of aryl methyl sites for hydroxylation is 2. The van der Waals surface area contributed by atoms with Gasteiger partial charge < -0.3 is 15.3 Å². The first-order valence-corrected chi connectivity index (χ1v) is 7.27. The molecule has 3 N–H and O–H groups in total. The fraction of sp³-hybridized carbons (Fsp3) is 0.643. The van der Waals surface area contributed by atoms with Gasteiger partial charge in [-0.05, 0) is 38.7 Å². The van der Waals surface area contributed by atoms with Crippen molar-refractivity contribution >= 4 is 12.0 Å². The summed E-state index contributed by atoms with van der Waals surface area (Å²) in [6.07, 6.45) is 4.02. The molecule has 1 saturated heterocycles. The number of likely N-dealkylation sites (tertiary alicyclic amines) is 1. The third kappa shape index (κ3) is 3.53. The molecular formula is C14H22N4O3. The Balaban J connectivity index is 1.73. The van der Waals surface area contributed by atoms with Crippen LogP contribution in [0.1, 0.15) is 31.0 Å². The van der Waals surface area contributed by atoms with Gasteiger partial charge in [0.1, 0.15) is 0 Å². The van der Waals surface area contributed by atoms with Crippen LogP contribution in [0.15, 0.2) is 6.20 Å². The highest BCUT2D eigenvalue weighted by Gasteiger charge is 2.37. The van der Waals surface area contributed by atoms with E-state index in [-0.39, 0.29) is 12.1 Å². The van der Waals surface area contributed by atoms with Gasteiger partial charge in [0.2, 0.25) is 0 Å². The maximum Gasteiger partial charge on any atom is 0.317 e. The fourth-order valence-corrected chi connectivity index (χ4v) is 2.76. The molecule has 0 aromatic carbocycles. The van der Waals surface area contributed by atoms with Crippen molar-refractivity contribution in [2.45, 2.75) is 39.2 Å². The van der Waals surface area contributed by atoms with Crippen LogP contribution in [0.25, 0.3) is 0 Å². The lowest BCUT2D eigenvalue weighted by molar-refractivity contribution is -0.142. The molecule has 1 aromatic heterocycles. The highest BCUT2D eigenvalue weighted by atomic mass is 16.4. The number of nitrogens with one attached hydrogen (secondary N) is 2. The van der Waals surface area contributed by atoms with E-state index in [0.29, 0.717) is 19.5 Å². The Morgan fingerprint density at radius 3 is 2.90 bits per heavy atom. The van der Waals surface area contributed by atoms with Crippen LogP contribution in [0.3, 0.4) is 0 Å². The Morgan fingerprint density at radius 2 is 2.33 bits per heavy atom. The van der Waals surface area contributed by atoms with Gasteiger partial charge in [0.25, 0.3) is 0 Å². The Labute approximate surface area is 123 Å². The highest BCUT2D eigenvalue weighted by Crippen LogP contribution is 2.24. The topological polar surface area (TPSA) is 98.3 Å². The molecule has 0 aliphatic carbocycles. The van der Waals surface area contributed by atoms with Gasteiger partial charge in [0, 0.05) is 24.8 Å². The standard InChI is InChI=1S/C14H22N4O3/c1-9-11(8-16-17-9)4-3-6-15-14(21)18-7-5-12(10(18)2)13(19)20/h8,10,12H,3-7H2,1-2H3,(H,15,21)(H,16,17)(H,19,20). The first-order valence-electron chi connectivity index (χ1n) is 7.27. The summed E-state index contributed by atoms with van der Waals surface area (Å²) in [4.78, 5) is 24.7. The molecule has 21 heavy (non-hydrogen) atoms. The summed E-state index contributed by atoms with van der Waals surface area (Å²) in [5.41, 5.74) is 2.21. The summed E-state index contributed by atoms with van der Waals surface area (Å²) in [7, 11) is 0. The van der Waals surface area contributed by atoms with E-state index in [9.17, 15) is 9.59 Å². The molecule has 1 aromatic rings. The number of carbonyl (C=O) groups is 2. The minimum absolute atomic E-state index is 0.171. The van der Waals surface area contributed by atoms with Gasteiger partial charge >= 0.3 is 12.0 Å². The molecule has 7 heteroatoms. The number of urea groups is 1. The summed E-state index contributed by atoms with van der Waals surface area (Å²) in [6, 6.07) is -0.422. The number of amides is 2. The number of carbonyl (C=O) groups excluding carboxylic acids is 1. The maximum atomic E-state index is 12.1. The molecule has 2 unspecified atom stereocenters. The number of H-pyrrole nitrogens is 1. The quantitative estimate of drug-likeness (QED) is 0.710. The zero-order chi connectivity index (χ0) is 15.4. The lowest BCUT2D eigenvalue weighted by Gasteiger charge is -2.23. The number of aliphatic carboxylic acids is 1. The average molecular weight is 294 g/mol. The predicted octanol–water partition coefficient (Wildman–Crippen LogP) is 1.16. The van der Waals surface area contributed by atoms with E-state index in [1.165, 1.54) is 0 Å². The van der Waals surface area contributed by atoms with Crippen LogP contribution in [-0.2, 0) is 11.2 Å². The molecule has 1 fully saturated rings. The summed E-state index contributed by atoms with van der Waals surface area (Å²) in [5, 5.41) is 18.8. The third-order valence-electron chi connectivity index (χ3n) is 4.17. The van der Waals surface area contributed by atoms with E-state index in [1.54, 1.807) is 18.0 Å². The van der Waals surface area contributed by atoms with Crippen molar-refractivity contribution in [2.75, 3.05) is 13.1 Å². The molecule has 0 spiro atoms. The average Bonchev–Trinajstić information content (AvgIpc) is 3.01. The van der Waals surface area contributed by atoms with Crippen LogP contribution in [0, 0.1) is 12.8 Å². The van der Waals surface area contributed by atoms with Crippen molar-refractivity contribution < 1.29 is 14.7 Å². The summed E-state index contributed by atoms with van der Waals surface area (Å²) < 4.78 is 0. The number of rotatable bonds is 5. The highest BCUT2D eigenvalue weighted by molar-refractivity contribution is 5.78. The fourth-order valence-electron chi connectivity index (χ4n) is 2.76. The second-order valence-electron chi connectivity index (χ2n) is 5.52. The van der Waals surface area contributed by atoms with Crippen molar-refractivity contribution in [1.82, 2.24) is 20.4 Å². The Kier molecular flexibility index (Phi) is 4.82. The van der Waals surface area contributed by atoms with Crippen LogP contribution in [0.2, 0.25) is 0 Å². The molecule has 0 bridgehead atoms. The van der Waals surface area contributed by atoms with E-state index >= 15 is 0 Å². The van der Waals surface area contributed by atoms with Crippen molar-refractivity contribution in [3.8, 4) is 0 Å². The first-order chi connectivity index (χ1) is 10.0. The van der Waals surface area contributed by atoms with E-state index in [2.05, 4.69) is 15.5 Å². The predicted molar refractivity (Wildman–Crippen MR) is 77.0 cm³/mol. The van der Waals surface area contributed by atoms with Crippen molar-refractivity contribution in [3.63, 3.8) is 0 Å². The van der Waals surface area contributed by atoms with Crippen LogP contribution in [0.5, 0.6) is 0 Å². The minimum Gasteiger partial charge on any atom is -0.481 e. The van der Waals surface area contributed by atoms with Gasteiger partial charge in [-0.2, -0.15) is 5.10 Å². The van der Waals surface area contributed by atoms with Gasteiger partial charge in [0.05, 0.1) is 12.1 Å². The number of carboxylic acids is 1. The molecule has 1 aliphatic rings. The number of carboxylic acid groups (broad SMARTS) is 1. The SMILES string of the molecule is Cc1[nH]ncc1CCCNC(=O)N1CCC(C(=O)O)C1C. The number of hydrogen-bond donors (Lipinski definition) is 3. The molecule has 0 radical (unpaired) electrons. The molecule has 1 aliphatic heterocycles. The van der Waals surface area contributed by atoms with Crippen molar-refractivity contribution in [1.29, 1.82) is 0 Å². The molecule has 2 rings (SSSR count). The Morgan fingerprint density at radius 1 is 1.57 bits per heavy atom. The number of aromatic nitrogens is 2. The van der Waals surface area contributed by atoms with E-state index < -0.39 is 11.9 Å². The number of nitrogens with zero attached hydrogens (tertiary/aromatic N) is 2. The van der Waals surface area contributed by atoms with Gasteiger partial charge in [0.15, 0.2) is 0 Å².